The number of ether oxygens (including phenoxy) is 1. The van der Waals surface area contributed by atoms with Crippen LogP contribution in [0.5, 0.6) is 11.5 Å². The van der Waals surface area contributed by atoms with Gasteiger partial charge >= 0.3 is 0 Å². The van der Waals surface area contributed by atoms with Gasteiger partial charge < -0.3 is 19.4 Å². The normalized spacial score (nSPS) is 14.3. The van der Waals surface area contributed by atoms with E-state index in [-0.39, 0.29) is 11.8 Å². The van der Waals surface area contributed by atoms with Crippen LogP contribution in [0.4, 0.5) is 0 Å². The van der Waals surface area contributed by atoms with E-state index in [1.165, 1.54) is 0 Å². The summed E-state index contributed by atoms with van der Waals surface area (Å²) in [6.45, 7) is 2.55. The Labute approximate surface area is 159 Å². The Hall–Kier alpha value is -2.86. The van der Waals surface area contributed by atoms with E-state index < -0.39 is 0 Å². The van der Waals surface area contributed by atoms with Gasteiger partial charge in [0.1, 0.15) is 11.5 Å². The molecule has 0 aliphatic carbocycles. The van der Waals surface area contributed by atoms with Crippen LogP contribution < -0.4 is 4.74 Å². The summed E-state index contributed by atoms with van der Waals surface area (Å²) in [7, 11) is 3.75. The van der Waals surface area contributed by atoms with Gasteiger partial charge in [-0.3, -0.25) is 9.59 Å². The second kappa shape index (κ2) is 8.68. The highest BCUT2D eigenvalue weighted by molar-refractivity contribution is 5.97. The lowest BCUT2D eigenvalue weighted by molar-refractivity contribution is -0.133. The average Bonchev–Trinajstić information content (AvgIpc) is 2.68. The van der Waals surface area contributed by atoms with Gasteiger partial charge in [0.2, 0.25) is 5.91 Å². The lowest BCUT2D eigenvalue weighted by Crippen LogP contribution is -2.52. The van der Waals surface area contributed by atoms with E-state index in [2.05, 4.69) is 0 Å². The summed E-state index contributed by atoms with van der Waals surface area (Å²) in [5.74, 6) is 1.26. The number of piperazine rings is 1. The first-order valence-corrected chi connectivity index (χ1v) is 9.08. The Morgan fingerprint density at radius 1 is 0.889 bits per heavy atom. The van der Waals surface area contributed by atoms with E-state index in [9.17, 15) is 9.59 Å². The highest BCUT2D eigenvalue weighted by Crippen LogP contribution is 2.26. The molecule has 2 aromatic carbocycles. The van der Waals surface area contributed by atoms with Crippen molar-refractivity contribution in [2.24, 2.45) is 0 Å². The quantitative estimate of drug-likeness (QED) is 0.814. The number of benzene rings is 2. The van der Waals surface area contributed by atoms with Gasteiger partial charge in [-0.25, -0.2) is 0 Å². The fourth-order valence-corrected chi connectivity index (χ4v) is 3.05. The van der Waals surface area contributed by atoms with Crippen molar-refractivity contribution in [1.29, 1.82) is 0 Å². The van der Waals surface area contributed by atoms with E-state index in [0.717, 1.165) is 0 Å². The minimum Gasteiger partial charge on any atom is -0.457 e. The number of hydrogen-bond acceptors (Lipinski definition) is 4. The van der Waals surface area contributed by atoms with Crippen molar-refractivity contribution in [3.8, 4) is 11.5 Å². The molecule has 1 fully saturated rings. The van der Waals surface area contributed by atoms with Crippen molar-refractivity contribution >= 4 is 11.8 Å². The number of hydrogen-bond donors (Lipinski definition) is 0. The summed E-state index contributed by atoms with van der Waals surface area (Å²) in [5, 5.41) is 0. The lowest BCUT2D eigenvalue weighted by Gasteiger charge is -2.35. The molecule has 1 aliphatic rings. The number of amides is 2. The molecule has 0 unspecified atom stereocenters. The number of nitrogens with zero attached hydrogens (tertiary/aromatic N) is 3. The van der Waals surface area contributed by atoms with Crippen molar-refractivity contribution in [2.75, 3.05) is 46.8 Å². The molecular weight excluding hydrogens is 342 g/mol. The van der Waals surface area contributed by atoms with Gasteiger partial charge in [0.15, 0.2) is 0 Å². The highest BCUT2D eigenvalue weighted by atomic mass is 16.5. The van der Waals surface area contributed by atoms with Crippen LogP contribution >= 0.6 is 0 Å². The average molecular weight is 367 g/mol. The third-order valence-corrected chi connectivity index (χ3v) is 4.46. The second-order valence-electron chi connectivity index (χ2n) is 6.82. The number of para-hydroxylation sites is 2. The van der Waals surface area contributed by atoms with E-state index in [1.54, 1.807) is 17.0 Å². The SMILES string of the molecule is CN(C)CC(=O)N1CCN(C(=O)c2ccccc2Oc2ccccc2)CC1. The maximum Gasteiger partial charge on any atom is 0.257 e. The van der Waals surface area contributed by atoms with Crippen molar-refractivity contribution < 1.29 is 14.3 Å². The fourth-order valence-electron chi connectivity index (χ4n) is 3.05. The van der Waals surface area contributed by atoms with Crippen molar-refractivity contribution in [1.82, 2.24) is 14.7 Å². The van der Waals surface area contributed by atoms with Gasteiger partial charge in [0.05, 0.1) is 12.1 Å². The topological polar surface area (TPSA) is 53.1 Å². The number of rotatable bonds is 5. The largest absolute Gasteiger partial charge is 0.457 e. The van der Waals surface area contributed by atoms with Crippen molar-refractivity contribution in [3.63, 3.8) is 0 Å². The second-order valence-corrected chi connectivity index (χ2v) is 6.82. The first-order chi connectivity index (χ1) is 13.0. The molecule has 27 heavy (non-hydrogen) atoms. The first kappa shape index (κ1) is 18.9. The van der Waals surface area contributed by atoms with Crippen LogP contribution in [-0.4, -0.2) is 73.3 Å². The molecule has 6 nitrogen and oxygen atoms in total. The molecule has 0 radical (unpaired) electrons. The fraction of sp³-hybridized carbons (Fsp3) is 0.333. The van der Waals surface area contributed by atoms with Crippen LogP contribution in [0, 0.1) is 0 Å². The first-order valence-electron chi connectivity index (χ1n) is 9.08. The molecule has 0 aromatic heterocycles. The zero-order valence-corrected chi connectivity index (χ0v) is 15.8. The number of carbonyl (C=O) groups is 2. The third kappa shape index (κ3) is 4.86. The van der Waals surface area contributed by atoms with Crippen LogP contribution in [0.25, 0.3) is 0 Å². The van der Waals surface area contributed by atoms with E-state index >= 15 is 0 Å². The van der Waals surface area contributed by atoms with Gasteiger partial charge in [-0.2, -0.15) is 0 Å². The van der Waals surface area contributed by atoms with Gasteiger partial charge in [0, 0.05) is 26.2 Å². The molecule has 1 saturated heterocycles. The molecule has 6 heteroatoms. The summed E-state index contributed by atoms with van der Waals surface area (Å²) < 4.78 is 5.91. The summed E-state index contributed by atoms with van der Waals surface area (Å²) in [4.78, 5) is 30.6. The number of likely N-dealkylation sites (N-methyl/N-ethyl adjacent to an activating group) is 1. The predicted octanol–water partition coefficient (Wildman–Crippen LogP) is 2.32. The van der Waals surface area contributed by atoms with E-state index in [0.29, 0.717) is 49.8 Å². The Morgan fingerprint density at radius 3 is 2.15 bits per heavy atom. The minimum absolute atomic E-state index is 0.0683. The Morgan fingerprint density at radius 2 is 1.48 bits per heavy atom. The summed E-state index contributed by atoms with van der Waals surface area (Å²) >= 11 is 0. The smallest absolute Gasteiger partial charge is 0.257 e. The van der Waals surface area contributed by atoms with Crippen LogP contribution in [0.2, 0.25) is 0 Å². The molecular formula is C21H25N3O3. The molecule has 0 saturated carbocycles. The standard InChI is InChI=1S/C21H25N3O3/c1-22(2)16-20(25)23-12-14-24(15-13-23)21(26)18-10-6-7-11-19(18)27-17-8-4-3-5-9-17/h3-11H,12-16H2,1-2H3. The molecule has 1 aliphatic heterocycles. The molecule has 0 atom stereocenters. The molecule has 142 valence electrons. The highest BCUT2D eigenvalue weighted by Gasteiger charge is 2.26. The third-order valence-electron chi connectivity index (χ3n) is 4.46. The van der Waals surface area contributed by atoms with Crippen LogP contribution in [0.15, 0.2) is 54.6 Å². The predicted molar refractivity (Wildman–Crippen MR) is 104 cm³/mol. The zero-order chi connectivity index (χ0) is 19.2. The van der Waals surface area contributed by atoms with Crippen LogP contribution in [-0.2, 0) is 4.79 Å². The van der Waals surface area contributed by atoms with Gasteiger partial charge in [-0.15, -0.1) is 0 Å². The Balaban J connectivity index is 1.66. The zero-order valence-electron chi connectivity index (χ0n) is 15.8. The molecule has 3 rings (SSSR count). The maximum absolute atomic E-state index is 13.0. The lowest BCUT2D eigenvalue weighted by atomic mass is 10.1. The Kier molecular flexibility index (Phi) is 6.08. The minimum atomic E-state index is -0.0683. The summed E-state index contributed by atoms with van der Waals surface area (Å²) in [6.07, 6.45) is 0. The number of carbonyl (C=O) groups excluding carboxylic acids is 2. The summed E-state index contributed by atoms with van der Waals surface area (Å²) in [6, 6.07) is 16.7. The van der Waals surface area contributed by atoms with Crippen molar-refractivity contribution in [2.45, 2.75) is 0 Å². The van der Waals surface area contributed by atoms with Gasteiger partial charge in [-0.1, -0.05) is 30.3 Å². The molecule has 1 heterocycles. The maximum atomic E-state index is 13.0. The van der Waals surface area contributed by atoms with Gasteiger partial charge in [-0.05, 0) is 38.4 Å². The van der Waals surface area contributed by atoms with Gasteiger partial charge in [0.25, 0.3) is 5.91 Å². The molecule has 0 N–H and O–H groups in total. The monoisotopic (exact) mass is 367 g/mol. The summed E-state index contributed by atoms with van der Waals surface area (Å²) in [5.41, 5.74) is 0.537. The van der Waals surface area contributed by atoms with Crippen LogP contribution in [0.1, 0.15) is 10.4 Å². The molecule has 0 spiro atoms. The molecule has 2 amide bonds. The molecule has 0 bridgehead atoms. The van der Waals surface area contributed by atoms with Crippen molar-refractivity contribution in [3.05, 3.63) is 60.2 Å². The Bertz CT molecular complexity index is 784. The molecule has 2 aromatic rings. The van der Waals surface area contributed by atoms with E-state index in [1.807, 2.05) is 66.4 Å². The van der Waals surface area contributed by atoms with Crippen LogP contribution in [0.3, 0.4) is 0 Å². The van der Waals surface area contributed by atoms with E-state index in [4.69, 9.17) is 4.74 Å².